The van der Waals surface area contributed by atoms with Gasteiger partial charge in [0, 0.05) is 18.3 Å². The zero-order chi connectivity index (χ0) is 10.6. The van der Waals surface area contributed by atoms with E-state index in [0.29, 0.717) is 12.4 Å². The van der Waals surface area contributed by atoms with Crippen molar-refractivity contribution < 1.29 is 4.74 Å². The van der Waals surface area contributed by atoms with Gasteiger partial charge in [-0.15, -0.1) is 0 Å². The summed E-state index contributed by atoms with van der Waals surface area (Å²) < 4.78 is 5.62. The van der Waals surface area contributed by atoms with Gasteiger partial charge in [0.2, 0.25) is 5.88 Å². The zero-order valence-corrected chi connectivity index (χ0v) is 9.08. The molecule has 3 nitrogen and oxygen atoms in total. The molecule has 0 fully saturated rings. The lowest BCUT2D eigenvalue weighted by molar-refractivity contribution is 0.208. The van der Waals surface area contributed by atoms with Gasteiger partial charge in [-0.1, -0.05) is 6.92 Å². The van der Waals surface area contributed by atoms with E-state index in [2.05, 4.69) is 11.9 Å². The molecule has 0 aromatic carbocycles. The fraction of sp³-hybridized carbons (Fsp3) is 0.545. The zero-order valence-electron chi connectivity index (χ0n) is 9.08. The standard InChI is InChI=1S/C11H18N2O/c1-4-9(3)14-11-6-10(7-12)5-8(2)13-11/h5-6,9H,4,7,12H2,1-3H3. The number of hydrogen-bond donors (Lipinski definition) is 1. The van der Waals surface area contributed by atoms with Crippen LogP contribution in [0.15, 0.2) is 12.1 Å². The third kappa shape index (κ3) is 3.00. The lowest BCUT2D eigenvalue weighted by Crippen LogP contribution is -2.11. The molecule has 1 unspecified atom stereocenters. The molecule has 1 heterocycles. The molecule has 1 rings (SSSR count). The molecule has 0 aliphatic rings. The molecule has 2 N–H and O–H groups in total. The monoisotopic (exact) mass is 194 g/mol. The quantitative estimate of drug-likeness (QED) is 0.797. The Kier molecular flexibility index (Phi) is 3.89. The molecular weight excluding hydrogens is 176 g/mol. The van der Waals surface area contributed by atoms with Gasteiger partial charge in [0.25, 0.3) is 0 Å². The minimum absolute atomic E-state index is 0.204. The summed E-state index contributed by atoms with van der Waals surface area (Å²) in [6.45, 7) is 6.60. The van der Waals surface area contributed by atoms with E-state index >= 15 is 0 Å². The van der Waals surface area contributed by atoms with Crippen LogP contribution < -0.4 is 10.5 Å². The van der Waals surface area contributed by atoms with Gasteiger partial charge < -0.3 is 10.5 Å². The maximum absolute atomic E-state index is 5.62. The first-order chi connectivity index (χ1) is 6.65. The number of aromatic nitrogens is 1. The smallest absolute Gasteiger partial charge is 0.214 e. The average molecular weight is 194 g/mol. The largest absolute Gasteiger partial charge is 0.475 e. The van der Waals surface area contributed by atoms with Crippen molar-refractivity contribution in [2.24, 2.45) is 5.73 Å². The van der Waals surface area contributed by atoms with Crippen molar-refractivity contribution in [2.75, 3.05) is 0 Å². The van der Waals surface area contributed by atoms with Gasteiger partial charge in [-0.2, -0.15) is 0 Å². The molecule has 0 amide bonds. The van der Waals surface area contributed by atoms with Crippen molar-refractivity contribution in [3.63, 3.8) is 0 Å². The van der Waals surface area contributed by atoms with Crippen LogP contribution in [0.25, 0.3) is 0 Å². The molecular formula is C11H18N2O. The second-order valence-electron chi connectivity index (χ2n) is 3.50. The van der Waals surface area contributed by atoms with E-state index in [-0.39, 0.29) is 6.10 Å². The van der Waals surface area contributed by atoms with Crippen LogP contribution >= 0.6 is 0 Å². The van der Waals surface area contributed by atoms with E-state index in [1.807, 2.05) is 26.0 Å². The van der Waals surface area contributed by atoms with Crippen molar-refractivity contribution in [1.29, 1.82) is 0 Å². The van der Waals surface area contributed by atoms with Gasteiger partial charge in [-0.25, -0.2) is 4.98 Å². The molecule has 0 saturated carbocycles. The molecule has 14 heavy (non-hydrogen) atoms. The summed E-state index contributed by atoms with van der Waals surface area (Å²) in [6.07, 6.45) is 1.18. The van der Waals surface area contributed by atoms with Crippen molar-refractivity contribution in [3.8, 4) is 5.88 Å². The summed E-state index contributed by atoms with van der Waals surface area (Å²) in [5.74, 6) is 0.680. The van der Waals surface area contributed by atoms with Crippen LogP contribution in [0.1, 0.15) is 31.5 Å². The Hall–Kier alpha value is -1.09. The van der Waals surface area contributed by atoms with Crippen LogP contribution in [0, 0.1) is 6.92 Å². The van der Waals surface area contributed by atoms with Crippen molar-refractivity contribution in [2.45, 2.75) is 39.8 Å². The van der Waals surface area contributed by atoms with Crippen LogP contribution in [-0.2, 0) is 6.54 Å². The second-order valence-corrected chi connectivity index (χ2v) is 3.50. The molecule has 0 saturated heterocycles. The Morgan fingerprint density at radius 1 is 1.50 bits per heavy atom. The topological polar surface area (TPSA) is 48.1 Å². The Morgan fingerprint density at radius 2 is 2.21 bits per heavy atom. The number of ether oxygens (including phenoxy) is 1. The van der Waals surface area contributed by atoms with Gasteiger partial charge in [0.15, 0.2) is 0 Å². The summed E-state index contributed by atoms with van der Waals surface area (Å²) >= 11 is 0. The lowest BCUT2D eigenvalue weighted by atomic mass is 10.2. The molecule has 0 aliphatic heterocycles. The number of nitrogens with zero attached hydrogens (tertiary/aromatic N) is 1. The minimum Gasteiger partial charge on any atom is -0.475 e. The second kappa shape index (κ2) is 4.96. The first-order valence-electron chi connectivity index (χ1n) is 5.00. The van der Waals surface area contributed by atoms with E-state index in [1.54, 1.807) is 0 Å². The summed E-state index contributed by atoms with van der Waals surface area (Å²) in [4.78, 5) is 4.29. The molecule has 1 aromatic heterocycles. The normalized spacial score (nSPS) is 12.6. The molecule has 0 radical (unpaired) electrons. The molecule has 3 heteroatoms. The van der Waals surface area contributed by atoms with Crippen molar-refractivity contribution in [1.82, 2.24) is 4.98 Å². The number of pyridine rings is 1. The number of rotatable bonds is 4. The third-order valence-electron chi connectivity index (χ3n) is 2.12. The van der Waals surface area contributed by atoms with Crippen LogP contribution in [0.4, 0.5) is 0 Å². The Labute approximate surface area is 85.3 Å². The minimum atomic E-state index is 0.204. The molecule has 78 valence electrons. The highest BCUT2D eigenvalue weighted by molar-refractivity contribution is 5.24. The predicted octanol–water partition coefficient (Wildman–Crippen LogP) is 2.03. The highest BCUT2D eigenvalue weighted by Gasteiger charge is 2.04. The summed E-state index contributed by atoms with van der Waals surface area (Å²) in [5, 5.41) is 0. The Balaban J connectivity index is 2.81. The first kappa shape index (κ1) is 11.0. The van der Waals surface area contributed by atoms with Gasteiger partial charge in [0.1, 0.15) is 0 Å². The number of hydrogen-bond acceptors (Lipinski definition) is 3. The SMILES string of the molecule is CCC(C)Oc1cc(CN)cc(C)n1. The number of nitrogens with two attached hydrogens (primary N) is 1. The summed E-state index contributed by atoms with van der Waals surface area (Å²) in [5.41, 5.74) is 7.58. The fourth-order valence-corrected chi connectivity index (χ4v) is 1.17. The van der Waals surface area contributed by atoms with Gasteiger partial charge in [0.05, 0.1) is 6.10 Å². The predicted molar refractivity (Wildman–Crippen MR) is 57.2 cm³/mol. The van der Waals surface area contributed by atoms with E-state index in [1.165, 1.54) is 0 Å². The van der Waals surface area contributed by atoms with Crippen molar-refractivity contribution >= 4 is 0 Å². The van der Waals surface area contributed by atoms with Crippen molar-refractivity contribution in [3.05, 3.63) is 23.4 Å². The maximum atomic E-state index is 5.62. The van der Waals surface area contributed by atoms with Gasteiger partial charge in [-0.3, -0.25) is 0 Å². The molecule has 1 aromatic rings. The van der Waals surface area contributed by atoms with E-state index < -0.39 is 0 Å². The average Bonchev–Trinajstić information content (AvgIpc) is 2.16. The highest BCUT2D eigenvalue weighted by Crippen LogP contribution is 2.14. The Morgan fingerprint density at radius 3 is 2.79 bits per heavy atom. The van der Waals surface area contributed by atoms with E-state index in [4.69, 9.17) is 10.5 Å². The lowest BCUT2D eigenvalue weighted by Gasteiger charge is -2.12. The molecule has 0 aliphatic carbocycles. The summed E-state index contributed by atoms with van der Waals surface area (Å²) in [6, 6.07) is 3.88. The maximum Gasteiger partial charge on any atom is 0.214 e. The van der Waals surface area contributed by atoms with Gasteiger partial charge in [-0.05, 0) is 31.9 Å². The molecule has 0 bridgehead atoms. The molecule has 1 atom stereocenters. The van der Waals surface area contributed by atoms with Crippen LogP contribution in [-0.4, -0.2) is 11.1 Å². The van der Waals surface area contributed by atoms with E-state index in [0.717, 1.165) is 17.7 Å². The summed E-state index contributed by atoms with van der Waals surface area (Å²) in [7, 11) is 0. The fourth-order valence-electron chi connectivity index (χ4n) is 1.17. The number of aryl methyl sites for hydroxylation is 1. The van der Waals surface area contributed by atoms with Crippen LogP contribution in [0.2, 0.25) is 0 Å². The van der Waals surface area contributed by atoms with Crippen LogP contribution in [0.3, 0.4) is 0 Å². The third-order valence-corrected chi connectivity index (χ3v) is 2.12. The van der Waals surface area contributed by atoms with E-state index in [9.17, 15) is 0 Å². The first-order valence-corrected chi connectivity index (χ1v) is 5.00. The Bertz CT molecular complexity index is 299. The van der Waals surface area contributed by atoms with Gasteiger partial charge >= 0.3 is 0 Å². The van der Waals surface area contributed by atoms with Crippen LogP contribution in [0.5, 0.6) is 5.88 Å². The highest BCUT2D eigenvalue weighted by atomic mass is 16.5. The molecule has 0 spiro atoms.